The van der Waals surface area contributed by atoms with E-state index in [0.29, 0.717) is 16.7 Å². The zero-order chi connectivity index (χ0) is 32.5. The Kier molecular flexibility index (Phi) is 10.7. The van der Waals surface area contributed by atoms with Crippen molar-refractivity contribution in [3.8, 4) is 17.9 Å². The van der Waals surface area contributed by atoms with Crippen LogP contribution < -0.4 is 10.6 Å². The second kappa shape index (κ2) is 14.2. The molecule has 3 aromatic rings. The normalized spacial score (nSPS) is 10.8. The van der Waals surface area contributed by atoms with Gasteiger partial charge < -0.3 is 14.8 Å². The first-order chi connectivity index (χ1) is 20.6. The zero-order valence-electron chi connectivity index (χ0n) is 25.7. The summed E-state index contributed by atoms with van der Waals surface area (Å²) >= 11 is 0. The number of carbonyl (C=O) groups excluding carboxylic acids is 4. The van der Waals surface area contributed by atoms with E-state index in [0.717, 1.165) is 5.56 Å². The van der Waals surface area contributed by atoms with Crippen molar-refractivity contribution in [3.05, 3.63) is 94.5 Å². The van der Waals surface area contributed by atoms with E-state index in [1.54, 1.807) is 65.8 Å². The average Bonchev–Trinajstić information content (AvgIpc) is 2.95. The maximum Gasteiger partial charge on any atom is 0.412 e. The predicted molar refractivity (Wildman–Crippen MR) is 167 cm³/mol. The molecule has 2 N–H and O–H groups in total. The number of nitriles is 1. The van der Waals surface area contributed by atoms with Crippen molar-refractivity contribution in [2.45, 2.75) is 60.2 Å². The van der Waals surface area contributed by atoms with Gasteiger partial charge in [-0.1, -0.05) is 42.2 Å². The van der Waals surface area contributed by atoms with Crippen LogP contribution in [0.25, 0.3) is 0 Å². The summed E-state index contributed by atoms with van der Waals surface area (Å²) in [5.41, 5.74) is 0.901. The number of hydrogen-bond donors (Lipinski definition) is 2. The van der Waals surface area contributed by atoms with Crippen LogP contribution in [0.4, 0.5) is 16.2 Å². The van der Waals surface area contributed by atoms with Gasteiger partial charge >= 0.3 is 12.1 Å². The molecule has 0 saturated heterocycles. The van der Waals surface area contributed by atoms with E-state index in [1.807, 2.05) is 36.4 Å². The third-order valence-electron chi connectivity index (χ3n) is 5.87. The van der Waals surface area contributed by atoms with Crippen LogP contribution in [0.15, 0.2) is 66.7 Å². The lowest BCUT2D eigenvalue weighted by Gasteiger charge is -2.22. The van der Waals surface area contributed by atoms with Crippen molar-refractivity contribution in [1.82, 2.24) is 0 Å². The molecule has 0 radical (unpaired) electrons. The standard InChI is InChI=1S/C35H35N3O6/c1-34(2,3)32(41)43-22-27-19-29(38-33(42)44-35(4,5)6)28(18-25(27)16-15-23-11-8-7-9-12-23)37-31(40)20-30(39)26-14-10-13-24(17-26)21-36/h7-14,17-19H,20,22H2,1-6H3,(H,37,40)(H,38,42). The summed E-state index contributed by atoms with van der Waals surface area (Å²) in [6.07, 6.45) is -1.30. The molecular weight excluding hydrogens is 558 g/mol. The number of ether oxygens (including phenoxy) is 2. The Morgan fingerprint density at radius 3 is 2.09 bits per heavy atom. The maximum atomic E-state index is 13.1. The highest BCUT2D eigenvalue weighted by molar-refractivity contribution is 6.12. The molecule has 0 aromatic heterocycles. The van der Waals surface area contributed by atoms with Gasteiger partial charge in [-0.15, -0.1) is 0 Å². The van der Waals surface area contributed by atoms with Crippen LogP contribution in [0.5, 0.6) is 0 Å². The molecule has 0 saturated carbocycles. The summed E-state index contributed by atoms with van der Waals surface area (Å²) in [6, 6.07) is 20.3. The minimum absolute atomic E-state index is 0.151. The lowest BCUT2D eigenvalue weighted by Crippen LogP contribution is -2.28. The fourth-order valence-corrected chi connectivity index (χ4v) is 3.73. The number of anilines is 2. The highest BCUT2D eigenvalue weighted by Gasteiger charge is 2.24. The Labute approximate surface area is 257 Å². The number of Topliss-reactive ketones (excluding diaryl/α,β-unsaturated/α-hetero) is 1. The lowest BCUT2D eigenvalue weighted by atomic mass is 9.97. The number of amides is 2. The summed E-state index contributed by atoms with van der Waals surface area (Å²) < 4.78 is 11.0. The molecular formula is C35H35N3O6. The average molecular weight is 594 g/mol. The Morgan fingerprint density at radius 2 is 1.45 bits per heavy atom. The van der Waals surface area contributed by atoms with Gasteiger partial charge in [0.2, 0.25) is 5.91 Å². The minimum Gasteiger partial charge on any atom is -0.460 e. The van der Waals surface area contributed by atoms with Gasteiger partial charge in [-0.05, 0) is 77.9 Å². The fraction of sp³-hybridized carbons (Fsp3) is 0.286. The lowest BCUT2D eigenvalue weighted by molar-refractivity contribution is -0.154. The summed E-state index contributed by atoms with van der Waals surface area (Å²) in [7, 11) is 0. The van der Waals surface area contributed by atoms with Crippen molar-refractivity contribution in [2.75, 3.05) is 10.6 Å². The minimum atomic E-state index is -0.802. The molecule has 0 bridgehead atoms. The molecule has 3 rings (SSSR count). The number of carbonyl (C=O) groups is 4. The summed E-state index contributed by atoms with van der Waals surface area (Å²) in [5.74, 6) is 4.55. The third-order valence-corrected chi connectivity index (χ3v) is 5.87. The first-order valence-electron chi connectivity index (χ1n) is 13.9. The molecule has 0 aliphatic carbocycles. The predicted octanol–water partition coefficient (Wildman–Crippen LogP) is 6.61. The van der Waals surface area contributed by atoms with Crippen LogP contribution in [0, 0.1) is 28.6 Å². The van der Waals surface area contributed by atoms with Crippen LogP contribution in [0.2, 0.25) is 0 Å². The molecule has 0 heterocycles. The largest absolute Gasteiger partial charge is 0.460 e. The fourth-order valence-electron chi connectivity index (χ4n) is 3.73. The van der Waals surface area contributed by atoms with Gasteiger partial charge in [-0.3, -0.25) is 19.7 Å². The van der Waals surface area contributed by atoms with Crippen LogP contribution in [-0.4, -0.2) is 29.4 Å². The van der Waals surface area contributed by atoms with E-state index in [-0.39, 0.29) is 23.5 Å². The van der Waals surface area contributed by atoms with Crippen LogP contribution in [-0.2, 0) is 25.7 Å². The van der Waals surface area contributed by atoms with Gasteiger partial charge in [0.15, 0.2) is 5.78 Å². The second-order valence-corrected chi connectivity index (χ2v) is 12.0. The number of nitrogens with zero attached hydrogens (tertiary/aromatic N) is 1. The number of hydrogen-bond acceptors (Lipinski definition) is 7. The second-order valence-electron chi connectivity index (χ2n) is 12.0. The summed E-state index contributed by atoms with van der Waals surface area (Å²) in [6.45, 7) is 10.2. The van der Waals surface area contributed by atoms with E-state index in [2.05, 4.69) is 22.5 Å². The Bertz CT molecular complexity index is 1660. The van der Waals surface area contributed by atoms with Gasteiger partial charge in [-0.25, -0.2) is 4.79 Å². The van der Waals surface area contributed by atoms with Crippen molar-refractivity contribution < 1.29 is 28.7 Å². The summed E-state index contributed by atoms with van der Waals surface area (Å²) in [5, 5.41) is 14.5. The SMILES string of the molecule is CC(C)(C)OC(=O)Nc1cc(COC(=O)C(C)(C)C)c(C#Cc2ccccc2)cc1NC(=O)CC(=O)c1cccc(C#N)c1. The molecule has 0 fully saturated rings. The van der Waals surface area contributed by atoms with Gasteiger partial charge in [-0.2, -0.15) is 5.26 Å². The highest BCUT2D eigenvalue weighted by atomic mass is 16.6. The van der Waals surface area contributed by atoms with E-state index in [1.165, 1.54) is 12.1 Å². The smallest absolute Gasteiger partial charge is 0.412 e. The van der Waals surface area contributed by atoms with Gasteiger partial charge in [0.25, 0.3) is 0 Å². The molecule has 2 amide bonds. The molecule has 3 aromatic carbocycles. The third kappa shape index (κ3) is 10.1. The van der Waals surface area contributed by atoms with Crippen molar-refractivity contribution in [1.29, 1.82) is 5.26 Å². The zero-order valence-corrected chi connectivity index (χ0v) is 25.7. The van der Waals surface area contributed by atoms with Gasteiger partial charge in [0.05, 0.1) is 34.8 Å². The van der Waals surface area contributed by atoms with Crippen LogP contribution >= 0.6 is 0 Å². The maximum absolute atomic E-state index is 13.1. The van der Waals surface area contributed by atoms with Gasteiger partial charge in [0, 0.05) is 22.3 Å². The molecule has 9 nitrogen and oxygen atoms in total. The first kappa shape index (κ1) is 33.1. The molecule has 0 aliphatic rings. The first-order valence-corrected chi connectivity index (χ1v) is 13.9. The van der Waals surface area contributed by atoms with Crippen molar-refractivity contribution in [2.24, 2.45) is 5.41 Å². The number of benzene rings is 3. The van der Waals surface area contributed by atoms with Crippen molar-refractivity contribution in [3.63, 3.8) is 0 Å². The van der Waals surface area contributed by atoms with Crippen molar-refractivity contribution >= 4 is 35.1 Å². The van der Waals surface area contributed by atoms with E-state index in [4.69, 9.17) is 14.7 Å². The Balaban J connectivity index is 2.02. The number of ketones is 1. The quantitative estimate of drug-likeness (QED) is 0.136. The molecule has 0 unspecified atom stereocenters. The van der Waals surface area contributed by atoms with E-state index >= 15 is 0 Å². The van der Waals surface area contributed by atoms with Crippen LogP contribution in [0.3, 0.4) is 0 Å². The number of nitrogens with one attached hydrogen (secondary N) is 2. The Hall–Kier alpha value is -5.41. The monoisotopic (exact) mass is 593 g/mol. The van der Waals surface area contributed by atoms with Gasteiger partial charge in [0.1, 0.15) is 12.2 Å². The number of esters is 1. The van der Waals surface area contributed by atoms with E-state index in [9.17, 15) is 19.2 Å². The topological polar surface area (TPSA) is 135 Å². The molecule has 0 atom stereocenters. The molecule has 9 heteroatoms. The highest BCUT2D eigenvalue weighted by Crippen LogP contribution is 2.29. The molecule has 226 valence electrons. The summed E-state index contributed by atoms with van der Waals surface area (Å²) in [4.78, 5) is 51.2. The molecule has 0 spiro atoms. The van der Waals surface area contributed by atoms with Crippen LogP contribution in [0.1, 0.15) is 80.6 Å². The molecule has 0 aliphatic heterocycles. The number of rotatable bonds is 7. The molecule has 44 heavy (non-hydrogen) atoms. The van der Waals surface area contributed by atoms with E-state index < -0.39 is 41.2 Å². The Morgan fingerprint density at radius 1 is 0.795 bits per heavy atom.